The van der Waals surface area contributed by atoms with Crippen LogP contribution in [-0.2, 0) is 0 Å². The van der Waals surface area contributed by atoms with Gasteiger partial charge in [-0.15, -0.1) is 0 Å². The van der Waals surface area contributed by atoms with E-state index in [1.807, 2.05) is 30.3 Å². The molecular weight excluding hydrogens is 372 g/mol. The Labute approximate surface area is 151 Å². The molecular formula is C18H21BrN2OS. The van der Waals surface area contributed by atoms with Gasteiger partial charge in [-0.25, -0.2) is 0 Å². The molecule has 0 unspecified atom stereocenters. The first-order chi connectivity index (χ1) is 10.9. The van der Waals surface area contributed by atoms with Crippen LogP contribution >= 0.6 is 28.1 Å². The number of benzene rings is 2. The van der Waals surface area contributed by atoms with Crippen molar-refractivity contribution in [1.82, 2.24) is 5.32 Å². The van der Waals surface area contributed by atoms with Gasteiger partial charge in [0.15, 0.2) is 5.11 Å². The molecule has 2 aromatic rings. The van der Waals surface area contributed by atoms with Crippen LogP contribution in [-0.4, -0.2) is 12.2 Å². The van der Waals surface area contributed by atoms with Crippen LogP contribution in [0, 0.1) is 13.8 Å². The van der Waals surface area contributed by atoms with E-state index in [0.717, 1.165) is 21.5 Å². The van der Waals surface area contributed by atoms with Crippen LogP contribution < -0.4 is 15.4 Å². The van der Waals surface area contributed by atoms with Crippen molar-refractivity contribution < 1.29 is 4.74 Å². The maximum atomic E-state index is 5.44. The fourth-order valence-corrected chi connectivity index (χ4v) is 3.12. The minimum atomic E-state index is 0.0855. The number of rotatable bonds is 4. The number of thiocarbonyl (C=S) groups is 1. The second-order valence-electron chi connectivity index (χ2n) is 5.46. The van der Waals surface area contributed by atoms with Gasteiger partial charge in [-0.2, -0.15) is 0 Å². The SMILES string of the molecule is COc1ccc([C@H](C)NC(=S)Nc2cccc(C)c2C)cc1Br. The lowest BCUT2D eigenvalue weighted by atomic mass is 10.1. The number of anilines is 1. The molecule has 2 rings (SSSR count). The van der Waals surface area contributed by atoms with E-state index in [0.29, 0.717) is 5.11 Å². The van der Waals surface area contributed by atoms with Gasteiger partial charge in [0.1, 0.15) is 5.75 Å². The van der Waals surface area contributed by atoms with Crippen molar-refractivity contribution in [3.05, 3.63) is 57.6 Å². The molecule has 0 aromatic heterocycles. The summed E-state index contributed by atoms with van der Waals surface area (Å²) in [5, 5.41) is 7.20. The van der Waals surface area contributed by atoms with E-state index in [9.17, 15) is 0 Å². The smallest absolute Gasteiger partial charge is 0.171 e. The summed E-state index contributed by atoms with van der Waals surface area (Å²) in [5.41, 5.74) is 4.61. The van der Waals surface area contributed by atoms with Crippen molar-refractivity contribution in [1.29, 1.82) is 0 Å². The highest BCUT2D eigenvalue weighted by atomic mass is 79.9. The van der Waals surface area contributed by atoms with Crippen molar-refractivity contribution >= 4 is 38.9 Å². The Bertz CT molecular complexity index is 718. The summed E-state index contributed by atoms with van der Waals surface area (Å²) in [6.07, 6.45) is 0. The molecule has 2 aromatic carbocycles. The zero-order valence-corrected chi connectivity index (χ0v) is 16.1. The number of halogens is 1. The second-order valence-corrected chi connectivity index (χ2v) is 6.72. The summed E-state index contributed by atoms with van der Waals surface area (Å²) in [7, 11) is 1.66. The quantitative estimate of drug-likeness (QED) is 0.707. The second kappa shape index (κ2) is 7.79. The maximum absolute atomic E-state index is 5.44. The Balaban J connectivity index is 2.05. The molecule has 0 fully saturated rings. The largest absolute Gasteiger partial charge is 0.496 e. The van der Waals surface area contributed by atoms with Crippen LogP contribution in [0.25, 0.3) is 0 Å². The van der Waals surface area contributed by atoms with E-state index in [-0.39, 0.29) is 6.04 Å². The normalized spacial score (nSPS) is 11.7. The molecule has 0 saturated carbocycles. The van der Waals surface area contributed by atoms with Crippen LogP contribution in [0.3, 0.4) is 0 Å². The number of hydrogen-bond acceptors (Lipinski definition) is 2. The van der Waals surface area contributed by atoms with E-state index < -0.39 is 0 Å². The first kappa shape index (κ1) is 17.8. The van der Waals surface area contributed by atoms with Gasteiger partial charge in [-0.05, 0) is 83.8 Å². The molecule has 23 heavy (non-hydrogen) atoms. The van der Waals surface area contributed by atoms with Crippen LogP contribution in [0.5, 0.6) is 5.75 Å². The summed E-state index contributed by atoms with van der Waals surface area (Å²) in [4.78, 5) is 0. The molecule has 0 spiro atoms. The van der Waals surface area contributed by atoms with Gasteiger partial charge in [0.2, 0.25) is 0 Å². The maximum Gasteiger partial charge on any atom is 0.171 e. The molecule has 5 heteroatoms. The van der Waals surface area contributed by atoms with E-state index in [4.69, 9.17) is 17.0 Å². The lowest BCUT2D eigenvalue weighted by Gasteiger charge is -2.19. The Morgan fingerprint density at radius 3 is 2.61 bits per heavy atom. The third kappa shape index (κ3) is 4.45. The van der Waals surface area contributed by atoms with E-state index in [2.05, 4.69) is 53.4 Å². The summed E-state index contributed by atoms with van der Waals surface area (Å²) in [6, 6.07) is 12.2. The Morgan fingerprint density at radius 2 is 1.96 bits per heavy atom. The van der Waals surface area contributed by atoms with Gasteiger partial charge in [0.05, 0.1) is 17.6 Å². The number of ether oxygens (including phenoxy) is 1. The Morgan fingerprint density at radius 1 is 1.22 bits per heavy atom. The summed E-state index contributed by atoms with van der Waals surface area (Å²) in [5.74, 6) is 0.817. The minimum absolute atomic E-state index is 0.0855. The van der Waals surface area contributed by atoms with Crippen LogP contribution in [0.1, 0.15) is 29.7 Å². The van der Waals surface area contributed by atoms with Gasteiger partial charge in [-0.3, -0.25) is 0 Å². The fraction of sp³-hybridized carbons (Fsp3) is 0.278. The first-order valence-corrected chi connectivity index (χ1v) is 8.59. The summed E-state index contributed by atoms with van der Waals surface area (Å²) in [6.45, 7) is 6.25. The highest BCUT2D eigenvalue weighted by Crippen LogP contribution is 2.28. The molecule has 0 aliphatic rings. The average molecular weight is 393 g/mol. The van der Waals surface area contributed by atoms with E-state index in [1.165, 1.54) is 11.1 Å². The lowest BCUT2D eigenvalue weighted by Crippen LogP contribution is -2.31. The van der Waals surface area contributed by atoms with Gasteiger partial charge in [0.25, 0.3) is 0 Å². The van der Waals surface area contributed by atoms with E-state index in [1.54, 1.807) is 7.11 Å². The predicted molar refractivity (Wildman–Crippen MR) is 104 cm³/mol. The molecule has 0 aliphatic heterocycles. The minimum Gasteiger partial charge on any atom is -0.496 e. The monoisotopic (exact) mass is 392 g/mol. The van der Waals surface area contributed by atoms with Crippen LogP contribution in [0.15, 0.2) is 40.9 Å². The molecule has 2 N–H and O–H groups in total. The van der Waals surface area contributed by atoms with Crippen molar-refractivity contribution in [2.24, 2.45) is 0 Å². The number of aryl methyl sites for hydroxylation is 1. The first-order valence-electron chi connectivity index (χ1n) is 7.39. The van der Waals surface area contributed by atoms with Gasteiger partial charge >= 0.3 is 0 Å². The van der Waals surface area contributed by atoms with Crippen LogP contribution in [0.2, 0.25) is 0 Å². The topological polar surface area (TPSA) is 33.3 Å². The number of methoxy groups -OCH3 is 1. The van der Waals surface area contributed by atoms with Crippen molar-refractivity contribution in [3.63, 3.8) is 0 Å². The molecule has 0 radical (unpaired) electrons. The standard InChI is InChI=1S/C18H21BrN2OS/c1-11-6-5-7-16(12(11)2)21-18(23)20-13(3)14-8-9-17(22-4)15(19)10-14/h5-10,13H,1-4H3,(H2,20,21,23)/t13-/m0/s1. The van der Waals surface area contributed by atoms with Crippen molar-refractivity contribution in [2.75, 3.05) is 12.4 Å². The highest BCUT2D eigenvalue weighted by Gasteiger charge is 2.10. The lowest BCUT2D eigenvalue weighted by molar-refractivity contribution is 0.412. The van der Waals surface area contributed by atoms with Crippen molar-refractivity contribution in [3.8, 4) is 5.75 Å². The van der Waals surface area contributed by atoms with E-state index >= 15 is 0 Å². The fourth-order valence-electron chi connectivity index (χ4n) is 2.28. The molecule has 0 saturated heterocycles. The molecule has 0 amide bonds. The molecule has 122 valence electrons. The molecule has 0 bridgehead atoms. The third-order valence-corrected chi connectivity index (χ3v) is 4.72. The molecule has 0 aliphatic carbocycles. The van der Waals surface area contributed by atoms with Gasteiger partial charge in [0, 0.05) is 5.69 Å². The number of nitrogens with one attached hydrogen (secondary N) is 2. The third-order valence-electron chi connectivity index (χ3n) is 3.88. The Kier molecular flexibility index (Phi) is 6.02. The summed E-state index contributed by atoms with van der Waals surface area (Å²) < 4.78 is 6.19. The van der Waals surface area contributed by atoms with Crippen LogP contribution in [0.4, 0.5) is 5.69 Å². The van der Waals surface area contributed by atoms with Gasteiger partial charge < -0.3 is 15.4 Å². The zero-order chi connectivity index (χ0) is 17.0. The highest BCUT2D eigenvalue weighted by molar-refractivity contribution is 9.10. The molecule has 0 heterocycles. The molecule has 1 atom stereocenters. The number of hydrogen-bond donors (Lipinski definition) is 2. The predicted octanol–water partition coefficient (Wildman–Crippen LogP) is 5.12. The summed E-state index contributed by atoms with van der Waals surface area (Å²) >= 11 is 8.95. The molecule has 3 nitrogen and oxygen atoms in total. The zero-order valence-electron chi connectivity index (χ0n) is 13.7. The van der Waals surface area contributed by atoms with Crippen molar-refractivity contribution in [2.45, 2.75) is 26.8 Å². The Hall–Kier alpha value is -1.59. The van der Waals surface area contributed by atoms with Gasteiger partial charge in [-0.1, -0.05) is 18.2 Å². The average Bonchev–Trinajstić information content (AvgIpc) is 2.51.